The van der Waals surface area contributed by atoms with Gasteiger partial charge in [0.25, 0.3) is 11.8 Å². The Hall–Kier alpha value is -3.21. The van der Waals surface area contributed by atoms with Gasteiger partial charge in [-0.05, 0) is 49.1 Å². The molecule has 1 aromatic heterocycles. The highest BCUT2D eigenvalue weighted by Crippen LogP contribution is 2.42. The van der Waals surface area contributed by atoms with Crippen LogP contribution in [0.4, 0.5) is 0 Å². The van der Waals surface area contributed by atoms with Crippen molar-refractivity contribution in [2.75, 3.05) is 26.7 Å². The molecule has 0 saturated carbocycles. The Morgan fingerprint density at radius 3 is 3.03 bits per heavy atom. The van der Waals surface area contributed by atoms with Crippen molar-refractivity contribution in [2.45, 2.75) is 43.5 Å². The maximum absolute atomic E-state index is 13.4. The Morgan fingerprint density at radius 1 is 1.31 bits per heavy atom. The first-order valence-electron chi connectivity index (χ1n) is 12.2. The number of piperazine rings is 1. The van der Waals surface area contributed by atoms with E-state index >= 15 is 0 Å². The fraction of sp³-hybridized carbons (Fsp3) is 0.480. The Balaban J connectivity index is 1.16. The van der Waals surface area contributed by atoms with Crippen LogP contribution in [0.5, 0.6) is 0 Å². The number of carbonyl (C=O) groups is 3. The number of amides is 3. The lowest BCUT2D eigenvalue weighted by molar-refractivity contribution is -0.294. The molecule has 5 atom stereocenters. The number of H-pyrrole nitrogens is 1. The Morgan fingerprint density at radius 2 is 2.17 bits per heavy atom. The summed E-state index contributed by atoms with van der Waals surface area (Å²) < 4.78 is 5.77. The van der Waals surface area contributed by atoms with E-state index in [9.17, 15) is 19.5 Å². The molecule has 2 aromatic rings. The number of carbonyl (C=O) groups excluding carboxylic acids is 3. The highest BCUT2D eigenvalue weighted by molar-refractivity contribution is 6.00. The molecule has 182 valence electrons. The number of hydrogen-bond donors (Lipinski definition) is 3. The molecule has 5 aliphatic rings. The van der Waals surface area contributed by atoms with E-state index < -0.39 is 30.0 Å². The summed E-state index contributed by atoms with van der Waals surface area (Å²) in [6, 6.07) is 5.72. The molecule has 3 N–H and O–H groups in total. The Bertz CT molecular complexity index is 1320. The largest absolute Gasteiger partial charge is 0.361 e. The molecule has 4 aliphatic heterocycles. The van der Waals surface area contributed by atoms with Crippen molar-refractivity contribution in [2.24, 2.45) is 5.92 Å². The minimum atomic E-state index is -1.91. The highest BCUT2D eigenvalue weighted by Gasteiger charge is 2.63. The summed E-state index contributed by atoms with van der Waals surface area (Å²) in [5.41, 5.74) is 4.59. The van der Waals surface area contributed by atoms with E-state index in [1.165, 1.54) is 10.9 Å². The number of aromatic amines is 1. The number of fused-ring (bicyclic) bond motifs is 5. The van der Waals surface area contributed by atoms with Crippen molar-refractivity contribution in [3.8, 4) is 0 Å². The van der Waals surface area contributed by atoms with Crippen molar-refractivity contribution in [3.63, 3.8) is 0 Å². The van der Waals surface area contributed by atoms with Gasteiger partial charge in [0.1, 0.15) is 12.6 Å². The maximum Gasteiger partial charge on any atom is 0.277 e. The number of aromatic nitrogens is 1. The number of hydrogen-bond acceptors (Lipinski definition) is 6. The van der Waals surface area contributed by atoms with Gasteiger partial charge in [-0.15, -0.1) is 0 Å². The second kappa shape index (κ2) is 7.16. The number of benzene rings is 1. The fourth-order valence-corrected chi connectivity index (χ4v) is 6.66. The van der Waals surface area contributed by atoms with Crippen LogP contribution >= 0.6 is 0 Å². The average Bonchev–Trinajstić information content (AvgIpc) is 3.55. The van der Waals surface area contributed by atoms with Gasteiger partial charge in [-0.2, -0.15) is 0 Å². The number of aliphatic hydroxyl groups is 1. The van der Waals surface area contributed by atoms with Crippen LogP contribution in [0, 0.1) is 5.92 Å². The lowest BCUT2D eigenvalue weighted by Gasteiger charge is -2.44. The van der Waals surface area contributed by atoms with Gasteiger partial charge < -0.3 is 20.3 Å². The summed E-state index contributed by atoms with van der Waals surface area (Å²) in [6.45, 7) is 0.783. The van der Waals surface area contributed by atoms with Crippen molar-refractivity contribution in [1.82, 2.24) is 25.0 Å². The molecule has 1 aliphatic carbocycles. The molecule has 0 radical (unpaired) electrons. The predicted octanol–water partition coefficient (Wildman–Crippen LogP) is -0.0106. The molecule has 3 fully saturated rings. The SMILES string of the molecule is CN1C[C@H](C(=O)N[C@@H]2O[C@@]3(O)[C@@H]4CCCN4C(=O)CN3C2=O)C=C2c3cccc4[nH]cc(c34)C[C@H]21. The van der Waals surface area contributed by atoms with Crippen molar-refractivity contribution >= 4 is 34.2 Å². The van der Waals surface area contributed by atoms with Crippen molar-refractivity contribution < 1.29 is 24.2 Å². The molecule has 0 spiro atoms. The van der Waals surface area contributed by atoms with Crippen LogP contribution in [0.15, 0.2) is 30.5 Å². The van der Waals surface area contributed by atoms with Crippen LogP contribution in [0.2, 0.25) is 0 Å². The third kappa shape index (κ3) is 2.84. The van der Waals surface area contributed by atoms with E-state index in [1.54, 1.807) is 4.90 Å². The summed E-state index contributed by atoms with van der Waals surface area (Å²) in [6.07, 6.45) is 4.89. The topological polar surface area (TPSA) is 118 Å². The zero-order valence-electron chi connectivity index (χ0n) is 19.4. The molecule has 10 heteroatoms. The van der Waals surface area contributed by atoms with Gasteiger partial charge in [0, 0.05) is 36.2 Å². The van der Waals surface area contributed by atoms with Crippen LogP contribution in [-0.2, 0) is 25.5 Å². The molecule has 3 saturated heterocycles. The first kappa shape index (κ1) is 21.1. The Labute approximate surface area is 201 Å². The Kier molecular flexibility index (Phi) is 4.32. The summed E-state index contributed by atoms with van der Waals surface area (Å²) in [7, 11) is 2.01. The normalized spacial score (nSPS) is 34.1. The summed E-state index contributed by atoms with van der Waals surface area (Å²) >= 11 is 0. The van der Waals surface area contributed by atoms with Gasteiger partial charge in [-0.3, -0.25) is 28.9 Å². The zero-order valence-corrected chi connectivity index (χ0v) is 19.4. The molecule has 10 nitrogen and oxygen atoms in total. The second-order valence-corrected chi connectivity index (χ2v) is 10.3. The quantitative estimate of drug-likeness (QED) is 0.560. The number of likely N-dealkylation sites (N-methyl/N-ethyl adjacent to an activating group) is 1. The molecule has 7 rings (SSSR count). The van der Waals surface area contributed by atoms with Gasteiger partial charge in [-0.25, -0.2) is 0 Å². The lowest BCUT2D eigenvalue weighted by atomic mass is 9.80. The van der Waals surface area contributed by atoms with Crippen LogP contribution < -0.4 is 5.32 Å². The third-order valence-corrected chi connectivity index (χ3v) is 8.35. The van der Waals surface area contributed by atoms with Gasteiger partial charge in [-0.1, -0.05) is 18.2 Å². The standard InChI is InChI=1S/C25H27N5O5/c1-28-11-14(8-16-15-4-2-5-17-21(15)13(10-26-17)9-18(16)28)22(32)27-23-24(33)30-12-20(31)29-7-3-6-19(29)25(30,34)35-23/h2,4-5,8,10,14,18-19,23,26,34H,3,6-7,9,11-12H2,1H3,(H,27,32)/t14-,18-,19+,23-,25+/m1/s1. The monoisotopic (exact) mass is 477 g/mol. The molecule has 5 heterocycles. The molecule has 0 bridgehead atoms. The number of nitrogens with zero attached hydrogens (tertiary/aromatic N) is 3. The van der Waals surface area contributed by atoms with Gasteiger partial charge in [0.2, 0.25) is 18.0 Å². The molecular formula is C25H27N5O5. The van der Waals surface area contributed by atoms with E-state index in [0.29, 0.717) is 19.5 Å². The molecule has 0 unspecified atom stereocenters. The van der Waals surface area contributed by atoms with Gasteiger partial charge in [0.05, 0.1) is 5.92 Å². The maximum atomic E-state index is 13.4. The predicted molar refractivity (Wildman–Crippen MR) is 124 cm³/mol. The molecule has 35 heavy (non-hydrogen) atoms. The summed E-state index contributed by atoms with van der Waals surface area (Å²) in [4.78, 5) is 47.0. The number of nitrogens with one attached hydrogen (secondary N) is 2. The zero-order chi connectivity index (χ0) is 24.1. The van der Waals surface area contributed by atoms with Crippen molar-refractivity contribution in [1.29, 1.82) is 0 Å². The van der Waals surface area contributed by atoms with E-state index in [2.05, 4.69) is 33.5 Å². The molecule has 3 amide bonds. The average molecular weight is 478 g/mol. The minimum absolute atomic E-state index is 0.173. The van der Waals surface area contributed by atoms with E-state index in [-0.39, 0.29) is 24.4 Å². The van der Waals surface area contributed by atoms with Crippen LogP contribution in [-0.4, -0.2) is 93.4 Å². The van der Waals surface area contributed by atoms with Gasteiger partial charge >= 0.3 is 0 Å². The van der Waals surface area contributed by atoms with Crippen LogP contribution in [0.3, 0.4) is 0 Å². The van der Waals surface area contributed by atoms with E-state index in [1.807, 2.05) is 19.2 Å². The fourth-order valence-electron chi connectivity index (χ4n) is 6.66. The highest BCUT2D eigenvalue weighted by atomic mass is 16.7. The second-order valence-electron chi connectivity index (χ2n) is 10.3. The van der Waals surface area contributed by atoms with E-state index in [4.69, 9.17) is 4.74 Å². The van der Waals surface area contributed by atoms with Crippen LogP contribution in [0.1, 0.15) is 24.0 Å². The minimum Gasteiger partial charge on any atom is -0.361 e. The first-order valence-corrected chi connectivity index (χ1v) is 12.2. The van der Waals surface area contributed by atoms with E-state index in [0.717, 1.165) is 34.4 Å². The van der Waals surface area contributed by atoms with Crippen LogP contribution in [0.25, 0.3) is 16.5 Å². The number of rotatable bonds is 2. The summed E-state index contributed by atoms with van der Waals surface area (Å²) in [5, 5.41) is 15.1. The smallest absolute Gasteiger partial charge is 0.277 e. The molecular weight excluding hydrogens is 450 g/mol. The lowest BCUT2D eigenvalue weighted by Crippen LogP contribution is -2.67. The number of ether oxygens (including phenoxy) is 1. The van der Waals surface area contributed by atoms with Gasteiger partial charge in [0.15, 0.2) is 0 Å². The third-order valence-electron chi connectivity index (χ3n) is 8.35. The van der Waals surface area contributed by atoms with Crippen molar-refractivity contribution in [3.05, 3.63) is 41.6 Å². The molecule has 1 aromatic carbocycles. The first-order chi connectivity index (χ1) is 16.8. The summed E-state index contributed by atoms with van der Waals surface area (Å²) in [5.74, 6) is -3.53.